The second-order valence-corrected chi connectivity index (χ2v) is 11.4. The Morgan fingerprint density at radius 2 is 1.94 bits per heavy atom. The summed E-state index contributed by atoms with van der Waals surface area (Å²) in [6.07, 6.45) is 1.62. The van der Waals surface area contributed by atoms with Gasteiger partial charge in [-0.3, -0.25) is 4.72 Å². The lowest BCUT2D eigenvalue weighted by Crippen LogP contribution is -2.34. The number of sulfonamides is 1. The lowest BCUT2D eigenvalue weighted by atomic mass is 9.97. The van der Waals surface area contributed by atoms with Crippen molar-refractivity contribution in [1.82, 2.24) is 14.8 Å². The summed E-state index contributed by atoms with van der Waals surface area (Å²) in [6.45, 7) is 8.12. The Balaban J connectivity index is 1.93. The number of aromatic nitrogens is 1. The quantitative estimate of drug-likeness (QED) is 0.518. The maximum atomic E-state index is 13.5. The summed E-state index contributed by atoms with van der Waals surface area (Å²) in [5.41, 5.74) is 3.26. The molecule has 0 saturated carbocycles. The fourth-order valence-corrected chi connectivity index (χ4v) is 6.74. The molecule has 1 aliphatic rings. The van der Waals surface area contributed by atoms with Crippen molar-refractivity contribution in [2.24, 2.45) is 0 Å². The molecule has 0 aliphatic carbocycles. The van der Waals surface area contributed by atoms with E-state index in [-0.39, 0.29) is 17.1 Å². The number of hydrogen-bond donors (Lipinski definition) is 1. The van der Waals surface area contributed by atoms with E-state index in [2.05, 4.69) is 18.6 Å². The Kier molecular flexibility index (Phi) is 6.05. The van der Waals surface area contributed by atoms with E-state index >= 15 is 0 Å². The molecule has 3 heterocycles. The standard InChI is InChI=1S/C24H30N4O3S2/c1-14(2)23-21(17-9-8-10-18(12-17)31-7)22-19(11-15(3)25-24(22)32-23)26-33(29,30)20-13-27(5)16(4)28(20)6/h8-14,16H,1-7H3,(H,25,26). The van der Waals surface area contributed by atoms with Gasteiger partial charge in [-0.1, -0.05) is 26.0 Å². The average molecular weight is 487 g/mol. The maximum absolute atomic E-state index is 13.5. The van der Waals surface area contributed by atoms with Gasteiger partial charge in [0.25, 0.3) is 10.0 Å². The highest BCUT2D eigenvalue weighted by Gasteiger charge is 2.33. The van der Waals surface area contributed by atoms with Crippen LogP contribution in [0, 0.1) is 6.92 Å². The average Bonchev–Trinajstić information content (AvgIpc) is 3.27. The van der Waals surface area contributed by atoms with Crippen molar-refractivity contribution in [2.75, 3.05) is 25.9 Å². The molecule has 1 unspecified atom stereocenters. The van der Waals surface area contributed by atoms with Crippen molar-refractivity contribution in [1.29, 1.82) is 0 Å². The largest absolute Gasteiger partial charge is 0.497 e. The minimum absolute atomic E-state index is 0.0446. The van der Waals surface area contributed by atoms with E-state index in [1.165, 1.54) is 0 Å². The van der Waals surface area contributed by atoms with Crippen LogP contribution in [-0.2, 0) is 10.0 Å². The highest BCUT2D eigenvalue weighted by Crippen LogP contribution is 2.46. The molecule has 0 amide bonds. The third-order valence-corrected chi connectivity index (χ3v) is 8.85. The summed E-state index contributed by atoms with van der Waals surface area (Å²) in [5, 5.41) is 1.05. The van der Waals surface area contributed by atoms with Gasteiger partial charge in [-0.2, -0.15) is 8.42 Å². The summed E-state index contributed by atoms with van der Waals surface area (Å²) in [5.74, 6) is 0.992. The number of fused-ring (bicyclic) bond motifs is 1. The third kappa shape index (κ3) is 4.15. The number of nitrogens with one attached hydrogen (secondary N) is 1. The Labute approximate surface area is 199 Å². The molecule has 1 aliphatic heterocycles. The number of pyridine rings is 1. The molecular formula is C24H30N4O3S2. The van der Waals surface area contributed by atoms with E-state index in [1.54, 1.807) is 36.6 Å². The molecule has 4 rings (SSSR count). The van der Waals surface area contributed by atoms with Crippen LogP contribution in [0.1, 0.15) is 37.3 Å². The molecule has 176 valence electrons. The Morgan fingerprint density at radius 1 is 1.21 bits per heavy atom. The number of methoxy groups -OCH3 is 1. The Morgan fingerprint density at radius 3 is 2.55 bits per heavy atom. The van der Waals surface area contributed by atoms with E-state index in [9.17, 15) is 8.42 Å². The van der Waals surface area contributed by atoms with Crippen molar-refractivity contribution in [3.8, 4) is 16.9 Å². The summed E-state index contributed by atoms with van der Waals surface area (Å²) in [7, 11) is 1.49. The van der Waals surface area contributed by atoms with E-state index < -0.39 is 10.0 Å². The van der Waals surface area contributed by atoms with Crippen LogP contribution < -0.4 is 9.46 Å². The first-order valence-corrected chi connectivity index (χ1v) is 13.1. The number of ether oxygens (including phenoxy) is 1. The number of benzene rings is 1. The van der Waals surface area contributed by atoms with Gasteiger partial charge in [-0.05, 0) is 43.5 Å². The van der Waals surface area contributed by atoms with Gasteiger partial charge >= 0.3 is 0 Å². The molecule has 2 aromatic heterocycles. The van der Waals surface area contributed by atoms with Crippen molar-refractivity contribution < 1.29 is 13.2 Å². The topological polar surface area (TPSA) is 74.8 Å². The molecule has 1 atom stereocenters. The van der Waals surface area contributed by atoms with Gasteiger partial charge in [0, 0.05) is 41.8 Å². The lowest BCUT2D eigenvalue weighted by Gasteiger charge is -2.25. The maximum Gasteiger partial charge on any atom is 0.278 e. The highest BCUT2D eigenvalue weighted by molar-refractivity contribution is 7.96. The number of aryl methyl sites for hydroxylation is 1. The molecule has 0 bridgehead atoms. The summed E-state index contributed by atoms with van der Waals surface area (Å²) >= 11 is 1.61. The van der Waals surface area contributed by atoms with Gasteiger partial charge in [-0.25, -0.2) is 4.98 Å². The lowest BCUT2D eigenvalue weighted by molar-refractivity contribution is 0.222. The van der Waals surface area contributed by atoms with Crippen LogP contribution in [0.3, 0.4) is 0 Å². The third-order valence-electron chi connectivity index (χ3n) is 6.03. The van der Waals surface area contributed by atoms with E-state index in [0.717, 1.165) is 37.7 Å². The van der Waals surface area contributed by atoms with Crippen LogP contribution in [0.15, 0.2) is 41.6 Å². The fraction of sp³-hybridized carbons (Fsp3) is 0.375. The molecule has 0 fully saturated rings. The molecule has 9 heteroatoms. The summed E-state index contributed by atoms with van der Waals surface area (Å²) < 4.78 is 35.3. The van der Waals surface area contributed by atoms with Crippen molar-refractivity contribution in [3.63, 3.8) is 0 Å². The molecule has 1 N–H and O–H groups in total. The molecule has 3 aromatic rings. The van der Waals surface area contributed by atoms with Crippen LogP contribution in [0.5, 0.6) is 5.75 Å². The van der Waals surface area contributed by atoms with Gasteiger partial charge in [0.05, 0.1) is 19.0 Å². The summed E-state index contributed by atoms with van der Waals surface area (Å²) in [4.78, 5) is 10.4. The first-order chi connectivity index (χ1) is 15.5. The molecule has 0 spiro atoms. The van der Waals surface area contributed by atoms with E-state index in [0.29, 0.717) is 5.69 Å². The zero-order valence-electron chi connectivity index (χ0n) is 20.0. The van der Waals surface area contributed by atoms with Gasteiger partial charge in [0.15, 0.2) is 5.03 Å². The predicted molar refractivity (Wildman–Crippen MR) is 136 cm³/mol. The summed E-state index contributed by atoms with van der Waals surface area (Å²) in [6, 6.07) is 9.67. The van der Waals surface area contributed by atoms with Crippen LogP contribution in [0.2, 0.25) is 0 Å². The SMILES string of the molecule is COc1cccc(-c2c(C(C)C)sc3nc(C)cc(NS(=O)(=O)C4=CN(C)C(C)N4C)c23)c1. The second-order valence-electron chi connectivity index (χ2n) is 8.70. The van der Waals surface area contributed by atoms with Crippen molar-refractivity contribution in [2.45, 2.75) is 39.8 Å². The van der Waals surface area contributed by atoms with E-state index in [4.69, 9.17) is 9.72 Å². The predicted octanol–water partition coefficient (Wildman–Crippen LogP) is 5.17. The number of nitrogens with zero attached hydrogens (tertiary/aromatic N) is 3. The van der Waals surface area contributed by atoms with Gasteiger partial charge in [0.1, 0.15) is 10.6 Å². The monoisotopic (exact) mass is 486 g/mol. The van der Waals surface area contributed by atoms with Crippen molar-refractivity contribution >= 4 is 37.3 Å². The minimum atomic E-state index is -3.81. The minimum Gasteiger partial charge on any atom is -0.497 e. The fourth-order valence-electron chi connectivity index (χ4n) is 4.08. The normalized spacial score (nSPS) is 16.6. The van der Waals surface area contributed by atoms with Crippen molar-refractivity contribution in [3.05, 3.63) is 52.1 Å². The highest BCUT2D eigenvalue weighted by atomic mass is 32.2. The number of hydrogen-bond acceptors (Lipinski definition) is 7. The van der Waals surface area contributed by atoms with Crippen LogP contribution in [0.25, 0.3) is 21.3 Å². The molecule has 7 nitrogen and oxygen atoms in total. The Hall–Kier alpha value is -2.78. The Bertz CT molecular complexity index is 1350. The van der Waals surface area contributed by atoms with Crippen LogP contribution in [-0.4, -0.2) is 50.6 Å². The van der Waals surface area contributed by atoms with Crippen LogP contribution in [0.4, 0.5) is 5.69 Å². The molecule has 33 heavy (non-hydrogen) atoms. The molecule has 0 radical (unpaired) electrons. The first-order valence-electron chi connectivity index (χ1n) is 10.8. The van der Waals surface area contributed by atoms with Gasteiger partial charge in [-0.15, -0.1) is 11.3 Å². The van der Waals surface area contributed by atoms with E-state index in [1.807, 2.05) is 56.1 Å². The zero-order chi connectivity index (χ0) is 24.1. The molecule has 0 saturated heterocycles. The molecular weight excluding hydrogens is 456 g/mol. The van der Waals surface area contributed by atoms with Gasteiger partial charge < -0.3 is 14.5 Å². The van der Waals surface area contributed by atoms with Gasteiger partial charge in [0.2, 0.25) is 0 Å². The zero-order valence-corrected chi connectivity index (χ0v) is 21.6. The smallest absolute Gasteiger partial charge is 0.278 e. The second kappa shape index (κ2) is 8.53. The first kappa shape index (κ1) is 23.4. The molecule has 1 aromatic carbocycles. The number of rotatable bonds is 6. The number of anilines is 1. The number of thiophene rings is 1. The van der Waals surface area contributed by atoms with Crippen LogP contribution >= 0.6 is 11.3 Å².